The summed E-state index contributed by atoms with van der Waals surface area (Å²) in [6.45, 7) is 4.85. The minimum Gasteiger partial charge on any atom is -0.381 e. The van der Waals surface area contributed by atoms with Gasteiger partial charge in [-0.3, -0.25) is 0 Å². The highest BCUT2D eigenvalue weighted by molar-refractivity contribution is 14.1. The third-order valence-electron chi connectivity index (χ3n) is 5.72. The van der Waals surface area contributed by atoms with Crippen LogP contribution in [-0.4, -0.2) is 45.9 Å². The van der Waals surface area contributed by atoms with Crippen LogP contribution in [0.1, 0.15) is 37.2 Å². The predicted octanol–water partition coefficient (Wildman–Crippen LogP) is 5.24. The Hall–Kier alpha value is -1.16. The number of rotatable bonds is 6. The molecule has 2 saturated heterocycles. The molecule has 0 bridgehead atoms. The second kappa shape index (κ2) is 10.2. The smallest absolute Gasteiger partial charge is 0.229 e. The fourth-order valence-electron chi connectivity index (χ4n) is 3.89. The molecule has 2 aromatic rings. The minimum atomic E-state index is 0.541. The van der Waals surface area contributed by atoms with Crippen molar-refractivity contribution in [3.8, 4) is 0 Å². The number of nitrogens with zero attached hydrogens (tertiary/aromatic N) is 3. The lowest BCUT2D eigenvalue weighted by atomic mass is 9.90. The molecular weight excluding hydrogens is 501 g/mol. The molecule has 0 unspecified atom stereocenters. The molecule has 0 amide bonds. The first-order valence-corrected chi connectivity index (χ1v) is 11.6. The molecule has 2 aliphatic heterocycles. The van der Waals surface area contributed by atoms with Gasteiger partial charge in [-0.05, 0) is 55.2 Å². The molecule has 1 aromatic carbocycles. The topological polar surface area (TPSA) is 62.3 Å². The van der Waals surface area contributed by atoms with E-state index >= 15 is 0 Å². The lowest BCUT2D eigenvalue weighted by molar-refractivity contribution is 0.0699. The monoisotopic (exact) mass is 527 g/mol. The van der Waals surface area contributed by atoms with E-state index in [1.165, 1.54) is 18.4 Å². The van der Waals surface area contributed by atoms with Gasteiger partial charge in [0.2, 0.25) is 5.95 Å². The van der Waals surface area contributed by atoms with Crippen molar-refractivity contribution in [3.05, 3.63) is 41.0 Å². The van der Waals surface area contributed by atoms with Crippen molar-refractivity contribution < 1.29 is 4.74 Å². The molecule has 2 fully saturated rings. The minimum absolute atomic E-state index is 0.541. The third-order valence-corrected chi connectivity index (χ3v) is 6.96. The maximum absolute atomic E-state index is 6.29. The maximum atomic E-state index is 6.29. The predicted molar refractivity (Wildman–Crippen MR) is 126 cm³/mol. The average Bonchev–Trinajstić information content (AvgIpc) is 2.76. The summed E-state index contributed by atoms with van der Waals surface area (Å²) in [6, 6.07) is 8.66. The first kappa shape index (κ1) is 21.1. The van der Waals surface area contributed by atoms with Gasteiger partial charge in [-0.1, -0.05) is 23.7 Å². The molecule has 0 aliphatic carbocycles. The molecule has 0 spiro atoms. The summed E-state index contributed by atoms with van der Waals surface area (Å²) in [5, 5.41) is 7.22. The van der Waals surface area contributed by atoms with Crippen LogP contribution in [0.4, 0.5) is 17.5 Å². The van der Waals surface area contributed by atoms with Crippen LogP contribution >= 0.6 is 34.5 Å². The first-order chi connectivity index (χ1) is 14.2. The standard InChI is InChI=1S/C21H27ClIN5O/c22-19-14-25-21(27-20(19)24-13-15-7-11-29-12-8-15)26-18-3-1-16(2-4-18)17-5-9-28(23)10-6-17/h1-4,14-15,17H,5-13H2,(H2,24,25,26,27). The SMILES string of the molecule is Clc1cnc(Nc2ccc(C3CCN(I)CC3)cc2)nc1NCC1CCOCC1. The van der Waals surface area contributed by atoms with Gasteiger partial charge in [0.05, 0.1) is 6.20 Å². The fraction of sp³-hybridized carbons (Fsp3) is 0.524. The zero-order valence-corrected chi connectivity index (χ0v) is 19.3. The normalized spacial score (nSPS) is 19.2. The van der Waals surface area contributed by atoms with Crippen LogP contribution < -0.4 is 10.6 Å². The zero-order valence-electron chi connectivity index (χ0n) is 16.4. The lowest BCUT2D eigenvalue weighted by Gasteiger charge is -2.27. The summed E-state index contributed by atoms with van der Waals surface area (Å²) in [4.78, 5) is 8.90. The molecule has 1 aromatic heterocycles. The summed E-state index contributed by atoms with van der Waals surface area (Å²) < 4.78 is 7.79. The van der Waals surface area contributed by atoms with E-state index in [0.717, 1.165) is 51.4 Å². The summed E-state index contributed by atoms with van der Waals surface area (Å²) in [7, 11) is 0. The highest BCUT2D eigenvalue weighted by Crippen LogP contribution is 2.30. The van der Waals surface area contributed by atoms with E-state index in [1.54, 1.807) is 6.20 Å². The molecule has 2 aliphatic rings. The molecule has 3 heterocycles. The number of halogens is 2. The van der Waals surface area contributed by atoms with E-state index in [9.17, 15) is 0 Å². The van der Waals surface area contributed by atoms with Crippen LogP contribution in [0.5, 0.6) is 0 Å². The van der Waals surface area contributed by atoms with Crippen molar-refractivity contribution in [2.75, 3.05) is 43.5 Å². The van der Waals surface area contributed by atoms with Crippen molar-refractivity contribution in [2.45, 2.75) is 31.6 Å². The summed E-state index contributed by atoms with van der Waals surface area (Å²) in [5.74, 6) is 2.48. The third kappa shape index (κ3) is 5.93. The Labute approximate surface area is 191 Å². The van der Waals surface area contributed by atoms with Crippen molar-refractivity contribution in [1.82, 2.24) is 13.1 Å². The highest BCUT2D eigenvalue weighted by Gasteiger charge is 2.19. The Morgan fingerprint density at radius 2 is 1.83 bits per heavy atom. The Bertz CT molecular complexity index is 792. The summed E-state index contributed by atoms with van der Waals surface area (Å²) in [5.41, 5.74) is 2.40. The molecule has 156 valence electrons. The Morgan fingerprint density at radius 3 is 2.55 bits per heavy atom. The van der Waals surface area contributed by atoms with Gasteiger partial charge in [-0.15, -0.1) is 0 Å². The van der Waals surface area contributed by atoms with Crippen molar-refractivity contribution >= 4 is 51.9 Å². The zero-order chi connectivity index (χ0) is 20.1. The first-order valence-electron chi connectivity index (χ1n) is 10.3. The van der Waals surface area contributed by atoms with Crippen LogP contribution in [0, 0.1) is 5.92 Å². The van der Waals surface area contributed by atoms with Gasteiger partial charge in [0, 0.05) is 61.4 Å². The molecule has 29 heavy (non-hydrogen) atoms. The van der Waals surface area contributed by atoms with Gasteiger partial charge in [0.25, 0.3) is 0 Å². The number of ether oxygens (including phenoxy) is 1. The Morgan fingerprint density at radius 1 is 1.10 bits per heavy atom. The summed E-state index contributed by atoms with van der Waals surface area (Å²) in [6.07, 6.45) is 6.24. The molecule has 2 N–H and O–H groups in total. The van der Waals surface area contributed by atoms with E-state index in [0.29, 0.717) is 28.6 Å². The van der Waals surface area contributed by atoms with Crippen molar-refractivity contribution in [1.29, 1.82) is 0 Å². The van der Waals surface area contributed by atoms with Gasteiger partial charge < -0.3 is 15.4 Å². The number of anilines is 3. The quantitative estimate of drug-likeness (QED) is 0.396. The number of hydrogen-bond donors (Lipinski definition) is 2. The van der Waals surface area contributed by atoms with Crippen LogP contribution in [0.15, 0.2) is 30.5 Å². The average molecular weight is 528 g/mol. The van der Waals surface area contributed by atoms with Crippen LogP contribution in [-0.2, 0) is 4.74 Å². The van der Waals surface area contributed by atoms with Crippen LogP contribution in [0.25, 0.3) is 0 Å². The van der Waals surface area contributed by atoms with Crippen molar-refractivity contribution in [3.63, 3.8) is 0 Å². The van der Waals surface area contributed by atoms with E-state index in [-0.39, 0.29) is 0 Å². The second-order valence-corrected chi connectivity index (χ2v) is 9.53. The number of aromatic nitrogens is 2. The Balaban J connectivity index is 1.36. The number of nitrogens with one attached hydrogen (secondary N) is 2. The molecule has 8 heteroatoms. The summed E-state index contributed by atoms with van der Waals surface area (Å²) >= 11 is 8.71. The van der Waals surface area contributed by atoms with Gasteiger partial charge >= 0.3 is 0 Å². The molecule has 0 atom stereocenters. The highest BCUT2D eigenvalue weighted by atomic mass is 127. The Kier molecular flexibility index (Phi) is 7.44. The van der Waals surface area contributed by atoms with Crippen molar-refractivity contribution in [2.24, 2.45) is 5.92 Å². The molecular formula is C21H27ClIN5O. The molecule has 4 rings (SSSR count). The fourth-order valence-corrected chi connectivity index (χ4v) is 4.61. The van der Waals surface area contributed by atoms with E-state index in [1.807, 2.05) is 0 Å². The maximum Gasteiger partial charge on any atom is 0.229 e. The molecule has 0 radical (unpaired) electrons. The van der Waals surface area contributed by atoms with Gasteiger partial charge in [0.1, 0.15) is 5.02 Å². The molecule has 0 saturated carbocycles. The lowest BCUT2D eigenvalue weighted by Crippen LogP contribution is -2.24. The van der Waals surface area contributed by atoms with Crippen LogP contribution in [0.3, 0.4) is 0 Å². The molecule has 6 nitrogen and oxygen atoms in total. The van der Waals surface area contributed by atoms with Gasteiger partial charge in [-0.25, -0.2) is 8.10 Å². The van der Waals surface area contributed by atoms with Crippen LogP contribution in [0.2, 0.25) is 5.02 Å². The number of piperidine rings is 1. The van der Waals surface area contributed by atoms with Gasteiger partial charge in [-0.2, -0.15) is 4.98 Å². The van der Waals surface area contributed by atoms with E-state index < -0.39 is 0 Å². The van der Waals surface area contributed by atoms with E-state index in [2.05, 4.69) is 70.8 Å². The number of hydrogen-bond acceptors (Lipinski definition) is 6. The number of benzene rings is 1. The van der Waals surface area contributed by atoms with Gasteiger partial charge in [0.15, 0.2) is 5.82 Å². The second-order valence-electron chi connectivity index (χ2n) is 7.76. The van der Waals surface area contributed by atoms with E-state index in [4.69, 9.17) is 16.3 Å². The largest absolute Gasteiger partial charge is 0.381 e.